The minimum absolute atomic E-state index is 0.0251. The van der Waals surface area contributed by atoms with Gasteiger partial charge in [0, 0.05) is 37.7 Å². The highest BCUT2D eigenvalue weighted by atomic mass is 16.2. The van der Waals surface area contributed by atoms with Gasteiger partial charge >= 0.3 is 0 Å². The number of likely N-dealkylation sites (tertiary alicyclic amines) is 1. The van der Waals surface area contributed by atoms with Crippen LogP contribution in [0, 0.1) is 11.8 Å². The van der Waals surface area contributed by atoms with E-state index in [1.807, 2.05) is 17.0 Å². The summed E-state index contributed by atoms with van der Waals surface area (Å²) in [6, 6.07) is 8.11. The first kappa shape index (κ1) is 18.5. The Hall–Kier alpha value is -1.88. The summed E-state index contributed by atoms with van der Waals surface area (Å²) in [6.45, 7) is 4.50. The number of benzene rings is 1. The van der Waals surface area contributed by atoms with Gasteiger partial charge in [-0.2, -0.15) is 0 Å². The first-order chi connectivity index (χ1) is 13.2. The van der Waals surface area contributed by atoms with E-state index < -0.39 is 0 Å². The van der Waals surface area contributed by atoms with Crippen LogP contribution in [0.5, 0.6) is 0 Å². The van der Waals surface area contributed by atoms with Crippen LogP contribution in [0.1, 0.15) is 60.4 Å². The number of rotatable bonds is 5. The Balaban J connectivity index is 1.25. The molecule has 0 bridgehead atoms. The average molecular weight is 370 g/mol. The van der Waals surface area contributed by atoms with Gasteiger partial charge in [0.2, 0.25) is 5.91 Å². The molecule has 3 aliphatic rings. The molecule has 1 atom stereocenters. The zero-order chi connectivity index (χ0) is 18.6. The number of hydrogen-bond acceptors (Lipinski definition) is 3. The molecule has 3 fully saturated rings. The number of hydrogen-bond donors (Lipinski definition) is 2. The van der Waals surface area contributed by atoms with Gasteiger partial charge in [-0.15, -0.1) is 0 Å². The maximum atomic E-state index is 12.6. The summed E-state index contributed by atoms with van der Waals surface area (Å²) in [5, 5.41) is 6.56. The van der Waals surface area contributed by atoms with Crippen molar-refractivity contribution >= 4 is 11.8 Å². The third-order valence-electron chi connectivity index (χ3n) is 6.32. The summed E-state index contributed by atoms with van der Waals surface area (Å²) >= 11 is 0. The van der Waals surface area contributed by atoms with Gasteiger partial charge in [-0.25, -0.2) is 0 Å². The fourth-order valence-electron chi connectivity index (χ4n) is 4.36. The van der Waals surface area contributed by atoms with Crippen molar-refractivity contribution in [2.45, 2.75) is 44.4 Å². The molecular formula is C22H31N3O2. The minimum Gasteiger partial charge on any atom is -0.352 e. The van der Waals surface area contributed by atoms with Crippen molar-refractivity contribution in [2.75, 3.05) is 32.7 Å². The first-order valence-electron chi connectivity index (χ1n) is 10.6. The van der Waals surface area contributed by atoms with Crippen LogP contribution in [0.4, 0.5) is 0 Å². The van der Waals surface area contributed by atoms with E-state index in [9.17, 15) is 9.59 Å². The van der Waals surface area contributed by atoms with E-state index in [0.29, 0.717) is 30.2 Å². The van der Waals surface area contributed by atoms with Gasteiger partial charge < -0.3 is 15.5 Å². The topological polar surface area (TPSA) is 61.4 Å². The van der Waals surface area contributed by atoms with E-state index in [0.717, 1.165) is 57.4 Å². The van der Waals surface area contributed by atoms with Crippen LogP contribution < -0.4 is 10.6 Å². The lowest BCUT2D eigenvalue weighted by Gasteiger charge is -2.32. The van der Waals surface area contributed by atoms with E-state index in [2.05, 4.69) is 22.8 Å². The van der Waals surface area contributed by atoms with Gasteiger partial charge in [-0.05, 0) is 74.6 Å². The molecule has 2 aliphatic heterocycles. The Bertz CT molecular complexity index is 672. The third-order valence-corrected chi connectivity index (χ3v) is 6.32. The van der Waals surface area contributed by atoms with Gasteiger partial charge in [0.1, 0.15) is 0 Å². The van der Waals surface area contributed by atoms with Crippen LogP contribution in [0.25, 0.3) is 0 Å². The molecule has 27 heavy (non-hydrogen) atoms. The monoisotopic (exact) mass is 369 g/mol. The summed E-state index contributed by atoms with van der Waals surface area (Å²) in [6.07, 6.45) is 6.52. The molecule has 0 aromatic heterocycles. The van der Waals surface area contributed by atoms with Gasteiger partial charge in [0.05, 0.1) is 0 Å². The number of piperidine rings is 2. The summed E-state index contributed by atoms with van der Waals surface area (Å²) in [7, 11) is 0. The van der Waals surface area contributed by atoms with Crippen LogP contribution >= 0.6 is 0 Å². The van der Waals surface area contributed by atoms with Gasteiger partial charge in [0.25, 0.3) is 5.91 Å². The minimum atomic E-state index is 0.0251. The predicted molar refractivity (Wildman–Crippen MR) is 106 cm³/mol. The van der Waals surface area contributed by atoms with E-state index in [1.165, 1.54) is 18.4 Å². The molecule has 2 amide bonds. The van der Waals surface area contributed by atoms with Gasteiger partial charge in [-0.3, -0.25) is 9.59 Å². The fraction of sp³-hybridized carbons (Fsp3) is 0.636. The molecule has 1 aromatic rings. The number of amides is 2. The predicted octanol–water partition coefficient (Wildman–Crippen LogP) is 2.53. The van der Waals surface area contributed by atoms with Crippen LogP contribution in [-0.4, -0.2) is 49.4 Å². The maximum Gasteiger partial charge on any atom is 0.251 e. The SMILES string of the molecule is O=C(NCC1CCN(C(=O)C2CC2)CC1)c1cccc([C@H]2CCCNC2)c1. The highest BCUT2D eigenvalue weighted by Crippen LogP contribution is 2.32. The Labute approximate surface area is 161 Å². The largest absolute Gasteiger partial charge is 0.352 e. The lowest BCUT2D eigenvalue weighted by Crippen LogP contribution is -2.42. The molecular weight excluding hydrogens is 338 g/mol. The molecule has 2 heterocycles. The quantitative estimate of drug-likeness (QED) is 0.838. The van der Waals surface area contributed by atoms with E-state index in [-0.39, 0.29) is 5.91 Å². The lowest BCUT2D eigenvalue weighted by molar-refractivity contribution is -0.133. The normalized spacial score (nSPS) is 23.9. The number of carbonyl (C=O) groups is 2. The molecule has 0 spiro atoms. The smallest absolute Gasteiger partial charge is 0.251 e. The number of nitrogens with one attached hydrogen (secondary N) is 2. The molecule has 1 aromatic carbocycles. The van der Waals surface area contributed by atoms with Crippen molar-refractivity contribution in [3.05, 3.63) is 35.4 Å². The molecule has 5 nitrogen and oxygen atoms in total. The summed E-state index contributed by atoms with van der Waals surface area (Å²) < 4.78 is 0. The van der Waals surface area contributed by atoms with Crippen molar-refractivity contribution in [1.82, 2.24) is 15.5 Å². The summed E-state index contributed by atoms with van der Waals surface area (Å²) in [4.78, 5) is 26.8. The zero-order valence-electron chi connectivity index (χ0n) is 16.1. The molecule has 2 N–H and O–H groups in total. The molecule has 1 aliphatic carbocycles. The zero-order valence-corrected chi connectivity index (χ0v) is 16.1. The second-order valence-electron chi connectivity index (χ2n) is 8.42. The molecule has 146 valence electrons. The van der Waals surface area contributed by atoms with Crippen LogP contribution in [0.2, 0.25) is 0 Å². The van der Waals surface area contributed by atoms with Crippen LogP contribution in [0.15, 0.2) is 24.3 Å². The van der Waals surface area contributed by atoms with Crippen molar-refractivity contribution in [2.24, 2.45) is 11.8 Å². The van der Waals surface area contributed by atoms with Crippen molar-refractivity contribution in [3.63, 3.8) is 0 Å². The van der Waals surface area contributed by atoms with Crippen LogP contribution in [0.3, 0.4) is 0 Å². The van der Waals surface area contributed by atoms with Gasteiger partial charge in [0.15, 0.2) is 0 Å². The van der Waals surface area contributed by atoms with Gasteiger partial charge in [-0.1, -0.05) is 12.1 Å². The van der Waals surface area contributed by atoms with E-state index in [1.54, 1.807) is 0 Å². The third kappa shape index (κ3) is 4.70. The second kappa shape index (κ2) is 8.42. The summed E-state index contributed by atoms with van der Waals surface area (Å²) in [5.41, 5.74) is 2.03. The average Bonchev–Trinajstić information content (AvgIpc) is 3.58. The lowest BCUT2D eigenvalue weighted by atomic mass is 9.90. The highest BCUT2D eigenvalue weighted by Gasteiger charge is 2.34. The van der Waals surface area contributed by atoms with Crippen molar-refractivity contribution in [1.29, 1.82) is 0 Å². The summed E-state index contributed by atoms with van der Waals surface area (Å²) in [5.74, 6) is 1.68. The Morgan fingerprint density at radius 1 is 1.11 bits per heavy atom. The first-order valence-corrected chi connectivity index (χ1v) is 10.6. The number of carbonyl (C=O) groups excluding carboxylic acids is 2. The second-order valence-corrected chi connectivity index (χ2v) is 8.42. The fourth-order valence-corrected chi connectivity index (χ4v) is 4.36. The van der Waals surface area contributed by atoms with Crippen LogP contribution in [-0.2, 0) is 4.79 Å². The number of nitrogens with zero attached hydrogens (tertiary/aromatic N) is 1. The molecule has 4 rings (SSSR count). The van der Waals surface area contributed by atoms with Crippen molar-refractivity contribution in [3.8, 4) is 0 Å². The Morgan fingerprint density at radius 2 is 1.93 bits per heavy atom. The molecule has 0 radical (unpaired) electrons. The highest BCUT2D eigenvalue weighted by molar-refractivity contribution is 5.94. The molecule has 5 heteroatoms. The Morgan fingerprint density at radius 3 is 2.63 bits per heavy atom. The molecule has 2 saturated heterocycles. The van der Waals surface area contributed by atoms with E-state index >= 15 is 0 Å². The molecule has 0 unspecified atom stereocenters. The Kier molecular flexibility index (Phi) is 5.77. The standard InChI is InChI=1S/C22H31N3O2/c26-21(19-4-1-3-18(13-19)20-5-2-10-23-15-20)24-14-16-8-11-25(12-9-16)22(27)17-6-7-17/h1,3-4,13,16-17,20,23H,2,5-12,14-15H2,(H,24,26)/t20-/m0/s1. The molecule has 1 saturated carbocycles. The van der Waals surface area contributed by atoms with Crippen molar-refractivity contribution < 1.29 is 9.59 Å². The van der Waals surface area contributed by atoms with E-state index in [4.69, 9.17) is 0 Å². The maximum absolute atomic E-state index is 12.6.